The van der Waals surface area contributed by atoms with Gasteiger partial charge in [-0.25, -0.2) is 4.39 Å². The van der Waals surface area contributed by atoms with Gasteiger partial charge in [-0.3, -0.25) is 4.79 Å². The predicted octanol–water partition coefficient (Wildman–Crippen LogP) is 2.71. The van der Waals surface area contributed by atoms with E-state index in [1.807, 2.05) is 38.4 Å². The van der Waals surface area contributed by atoms with Crippen LogP contribution in [-0.4, -0.2) is 33.7 Å². The summed E-state index contributed by atoms with van der Waals surface area (Å²) in [4.78, 5) is 13.7. The zero-order valence-electron chi connectivity index (χ0n) is 16.2. The lowest BCUT2D eigenvalue weighted by Crippen LogP contribution is -3.07. The molecule has 1 aromatic heterocycles. The quantitative estimate of drug-likeness (QED) is 0.660. The zero-order chi connectivity index (χ0) is 20.1. The van der Waals surface area contributed by atoms with Crippen molar-refractivity contribution in [2.75, 3.05) is 27.7 Å². The van der Waals surface area contributed by atoms with Gasteiger partial charge < -0.3 is 19.4 Å². The third-order valence-corrected chi connectivity index (χ3v) is 4.65. The highest BCUT2D eigenvalue weighted by Crippen LogP contribution is 2.24. The van der Waals surface area contributed by atoms with Gasteiger partial charge in [0.1, 0.15) is 23.4 Å². The van der Waals surface area contributed by atoms with Crippen LogP contribution in [0.5, 0.6) is 5.75 Å². The first-order valence-electron chi connectivity index (χ1n) is 9.06. The number of hydrogen-bond donors (Lipinski definition) is 2. The molecule has 0 saturated heterocycles. The van der Waals surface area contributed by atoms with E-state index in [0.29, 0.717) is 17.9 Å². The van der Waals surface area contributed by atoms with E-state index in [2.05, 4.69) is 5.32 Å². The molecule has 0 spiro atoms. The Morgan fingerprint density at radius 1 is 1.11 bits per heavy atom. The minimum absolute atomic E-state index is 0.0656. The number of carbonyl (C=O) groups is 1. The van der Waals surface area contributed by atoms with Crippen molar-refractivity contribution in [3.05, 3.63) is 77.8 Å². The van der Waals surface area contributed by atoms with E-state index in [9.17, 15) is 9.18 Å². The van der Waals surface area contributed by atoms with Crippen molar-refractivity contribution < 1.29 is 23.2 Å². The number of ether oxygens (including phenoxy) is 1. The Balaban J connectivity index is 1.69. The third kappa shape index (κ3) is 4.40. The van der Waals surface area contributed by atoms with Crippen molar-refractivity contribution >= 4 is 5.91 Å². The van der Waals surface area contributed by atoms with E-state index < -0.39 is 0 Å². The van der Waals surface area contributed by atoms with Crippen molar-refractivity contribution in [1.29, 1.82) is 0 Å². The molecule has 6 heteroatoms. The molecule has 0 fully saturated rings. The molecule has 5 nitrogen and oxygen atoms in total. The van der Waals surface area contributed by atoms with Gasteiger partial charge in [-0.1, -0.05) is 12.1 Å². The van der Waals surface area contributed by atoms with Crippen LogP contribution in [0, 0.1) is 5.82 Å². The molecular formula is C22H24FN2O3+. The Labute approximate surface area is 163 Å². The Hall–Kier alpha value is -3.12. The van der Waals surface area contributed by atoms with Gasteiger partial charge in [0.25, 0.3) is 5.91 Å². The van der Waals surface area contributed by atoms with Gasteiger partial charge in [0, 0.05) is 5.56 Å². The van der Waals surface area contributed by atoms with Gasteiger partial charge in [0.05, 0.1) is 33.3 Å². The molecule has 0 radical (unpaired) electrons. The number of furan rings is 1. The van der Waals surface area contributed by atoms with Crippen molar-refractivity contribution in [3.63, 3.8) is 0 Å². The van der Waals surface area contributed by atoms with Crippen molar-refractivity contribution in [2.24, 2.45) is 0 Å². The van der Waals surface area contributed by atoms with Crippen LogP contribution in [0.4, 0.5) is 4.39 Å². The molecule has 0 aliphatic carbocycles. The van der Waals surface area contributed by atoms with Crippen LogP contribution >= 0.6 is 0 Å². The second-order valence-electron chi connectivity index (χ2n) is 6.76. The molecule has 2 aromatic carbocycles. The average Bonchev–Trinajstić information content (AvgIpc) is 3.18. The first kappa shape index (κ1) is 19.6. The largest absolute Gasteiger partial charge is 0.497 e. The van der Waals surface area contributed by atoms with Crippen LogP contribution < -0.4 is 15.0 Å². The predicted molar refractivity (Wildman–Crippen MR) is 105 cm³/mol. The number of amides is 1. The fraction of sp³-hybridized carbons (Fsp3) is 0.227. The van der Waals surface area contributed by atoms with Crippen molar-refractivity contribution in [3.8, 4) is 17.1 Å². The maximum Gasteiger partial charge on any atom is 0.287 e. The summed E-state index contributed by atoms with van der Waals surface area (Å²) in [5, 5.41) is 2.91. The Morgan fingerprint density at radius 2 is 1.82 bits per heavy atom. The summed E-state index contributed by atoms with van der Waals surface area (Å²) in [5.41, 5.74) is 1.42. The molecule has 28 heavy (non-hydrogen) atoms. The minimum Gasteiger partial charge on any atom is -0.497 e. The smallest absolute Gasteiger partial charge is 0.287 e. The number of nitrogens with one attached hydrogen (secondary N) is 2. The van der Waals surface area contributed by atoms with Crippen LogP contribution in [0.1, 0.15) is 22.2 Å². The van der Waals surface area contributed by atoms with Gasteiger partial charge in [-0.05, 0) is 48.5 Å². The fourth-order valence-electron chi connectivity index (χ4n) is 3.04. The van der Waals surface area contributed by atoms with Gasteiger partial charge in [0.2, 0.25) is 0 Å². The molecule has 1 amide bonds. The Kier molecular flexibility index (Phi) is 6.11. The molecule has 0 unspecified atom stereocenters. The van der Waals surface area contributed by atoms with E-state index in [4.69, 9.17) is 9.15 Å². The molecule has 2 N–H and O–H groups in total. The van der Waals surface area contributed by atoms with E-state index in [1.165, 1.54) is 11.0 Å². The summed E-state index contributed by atoms with van der Waals surface area (Å²) in [7, 11) is 5.69. The van der Waals surface area contributed by atoms with E-state index in [1.54, 1.807) is 37.4 Å². The summed E-state index contributed by atoms with van der Waals surface area (Å²) in [6.07, 6.45) is 0. The molecule has 146 valence electrons. The molecule has 0 aliphatic rings. The first-order chi connectivity index (χ1) is 13.5. The monoisotopic (exact) mass is 383 g/mol. The van der Waals surface area contributed by atoms with Crippen LogP contribution in [0.25, 0.3) is 11.3 Å². The molecule has 1 heterocycles. The fourth-order valence-corrected chi connectivity index (χ4v) is 3.04. The molecule has 3 aromatic rings. The third-order valence-electron chi connectivity index (χ3n) is 4.65. The summed E-state index contributed by atoms with van der Waals surface area (Å²) >= 11 is 0. The van der Waals surface area contributed by atoms with Gasteiger partial charge in [-0.15, -0.1) is 0 Å². The maximum atomic E-state index is 13.9. The van der Waals surface area contributed by atoms with Crippen molar-refractivity contribution in [2.45, 2.75) is 6.04 Å². The van der Waals surface area contributed by atoms with Crippen LogP contribution in [0.15, 0.2) is 65.1 Å². The number of carbonyl (C=O) groups excluding carboxylic acids is 1. The molecular weight excluding hydrogens is 359 g/mol. The number of benzene rings is 2. The highest BCUT2D eigenvalue weighted by Gasteiger charge is 2.21. The number of hydrogen-bond acceptors (Lipinski definition) is 3. The van der Waals surface area contributed by atoms with E-state index >= 15 is 0 Å². The van der Waals surface area contributed by atoms with Crippen molar-refractivity contribution in [1.82, 2.24) is 5.32 Å². The lowest BCUT2D eigenvalue weighted by Gasteiger charge is -2.22. The van der Waals surface area contributed by atoms with Crippen LogP contribution in [0.3, 0.4) is 0 Å². The second kappa shape index (κ2) is 8.71. The first-order valence-corrected chi connectivity index (χ1v) is 9.06. The normalized spacial score (nSPS) is 12.0. The SMILES string of the molecule is COc1ccc([C@@H](CNC(=O)c2ccc(-c3ccccc3F)o2)[NH+](C)C)cc1. The highest BCUT2D eigenvalue weighted by atomic mass is 19.1. The Bertz CT molecular complexity index is 935. The highest BCUT2D eigenvalue weighted by molar-refractivity contribution is 5.92. The lowest BCUT2D eigenvalue weighted by atomic mass is 10.1. The number of halogens is 1. The van der Waals surface area contributed by atoms with Crippen LogP contribution in [0.2, 0.25) is 0 Å². The minimum atomic E-state index is -0.389. The summed E-state index contributed by atoms with van der Waals surface area (Å²) in [6, 6.07) is 17.3. The molecule has 1 atom stereocenters. The average molecular weight is 383 g/mol. The maximum absolute atomic E-state index is 13.9. The molecule has 0 aliphatic heterocycles. The number of methoxy groups -OCH3 is 1. The lowest BCUT2D eigenvalue weighted by molar-refractivity contribution is -0.890. The number of rotatable bonds is 7. The second-order valence-corrected chi connectivity index (χ2v) is 6.76. The van der Waals surface area contributed by atoms with E-state index in [-0.39, 0.29) is 23.5 Å². The topological polar surface area (TPSA) is 55.9 Å². The summed E-state index contributed by atoms with van der Waals surface area (Å²) < 4.78 is 24.7. The molecule has 0 bridgehead atoms. The van der Waals surface area contributed by atoms with Crippen LogP contribution in [-0.2, 0) is 0 Å². The van der Waals surface area contributed by atoms with Gasteiger partial charge in [-0.2, -0.15) is 0 Å². The zero-order valence-corrected chi connectivity index (χ0v) is 16.2. The van der Waals surface area contributed by atoms with E-state index in [0.717, 1.165) is 11.3 Å². The standard InChI is InChI=1S/C22H23FN2O3/c1-25(2)19(15-8-10-16(27-3)11-9-15)14-24-22(26)21-13-12-20(28-21)17-6-4-5-7-18(17)23/h4-13,19H,14H2,1-3H3,(H,24,26)/p+1/t19-/m1/s1. The Morgan fingerprint density at radius 3 is 2.46 bits per heavy atom. The summed E-state index contributed by atoms with van der Waals surface area (Å²) in [5.74, 6) is 0.548. The summed E-state index contributed by atoms with van der Waals surface area (Å²) in [6.45, 7) is 0.434. The molecule has 0 saturated carbocycles. The van der Waals surface area contributed by atoms with Gasteiger partial charge >= 0.3 is 0 Å². The number of likely N-dealkylation sites (N-methyl/N-ethyl adjacent to an activating group) is 1. The van der Waals surface area contributed by atoms with Gasteiger partial charge in [0.15, 0.2) is 5.76 Å². The number of quaternary nitrogens is 1. The molecule has 3 rings (SSSR count).